The van der Waals surface area contributed by atoms with Crippen LogP contribution >= 0.6 is 11.3 Å². The molecule has 0 aliphatic heterocycles. The molecular weight excluding hydrogens is 244 g/mol. The molecule has 1 unspecified atom stereocenters. The molecular formula is C13H16N4S. The van der Waals surface area contributed by atoms with Crippen LogP contribution in [0.3, 0.4) is 0 Å². The van der Waals surface area contributed by atoms with Crippen LogP contribution in [0, 0.1) is 6.92 Å². The molecule has 94 valence electrons. The summed E-state index contributed by atoms with van der Waals surface area (Å²) in [5, 5.41) is 4.31. The fourth-order valence-electron chi connectivity index (χ4n) is 2.29. The Kier molecular flexibility index (Phi) is 3.09. The van der Waals surface area contributed by atoms with Gasteiger partial charge in [0.25, 0.3) is 0 Å². The molecule has 0 bridgehead atoms. The van der Waals surface area contributed by atoms with Crippen molar-refractivity contribution in [2.75, 3.05) is 7.05 Å². The minimum atomic E-state index is 0.449. The zero-order valence-corrected chi connectivity index (χ0v) is 11.4. The molecule has 0 saturated carbocycles. The van der Waals surface area contributed by atoms with Gasteiger partial charge in [-0.1, -0.05) is 0 Å². The van der Waals surface area contributed by atoms with E-state index >= 15 is 0 Å². The third kappa shape index (κ3) is 2.04. The minimum absolute atomic E-state index is 0.449. The molecule has 0 saturated heterocycles. The van der Waals surface area contributed by atoms with Gasteiger partial charge in [-0.15, -0.1) is 11.3 Å². The highest BCUT2D eigenvalue weighted by Crippen LogP contribution is 2.36. The second kappa shape index (κ2) is 4.74. The lowest BCUT2D eigenvalue weighted by Crippen LogP contribution is -2.19. The fourth-order valence-corrected chi connectivity index (χ4v) is 3.50. The van der Waals surface area contributed by atoms with Gasteiger partial charge < -0.3 is 5.32 Å². The summed E-state index contributed by atoms with van der Waals surface area (Å²) in [5.74, 6) is 0.745. The average Bonchev–Trinajstić information content (AvgIpc) is 2.83. The first-order chi connectivity index (χ1) is 8.78. The van der Waals surface area contributed by atoms with Crippen molar-refractivity contribution in [2.45, 2.75) is 32.2 Å². The monoisotopic (exact) mass is 260 g/mol. The van der Waals surface area contributed by atoms with Crippen LogP contribution in [0.1, 0.15) is 35.0 Å². The van der Waals surface area contributed by atoms with Gasteiger partial charge >= 0.3 is 0 Å². The third-order valence-corrected chi connectivity index (χ3v) is 4.48. The molecule has 0 amide bonds. The van der Waals surface area contributed by atoms with Crippen LogP contribution in [-0.2, 0) is 6.42 Å². The molecule has 3 rings (SSSR count). The summed E-state index contributed by atoms with van der Waals surface area (Å²) in [7, 11) is 2.02. The van der Waals surface area contributed by atoms with Gasteiger partial charge in [-0.3, -0.25) is 0 Å². The summed E-state index contributed by atoms with van der Waals surface area (Å²) in [4.78, 5) is 14.8. The zero-order valence-electron chi connectivity index (χ0n) is 10.6. The van der Waals surface area contributed by atoms with E-state index in [0.29, 0.717) is 6.04 Å². The maximum atomic E-state index is 4.70. The second-order valence-corrected chi connectivity index (χ2v) is 5.68. The summed E-state index contributed by atoms with van der Waals surface area (Å²) < 4.78 is 0. The van der Waals surface area contributed by atoms with Crippen LogP contribution in [0.25, 0.3) is 10.8 Å². The predicted octanol–water partition coefficient (Wildman–Crippen LogP) is 2.51. The number of nitrogens with one attached hydrogen (secondary N) is 1. The van der Waals surface area contributed by atoms with Crippen molar-refractivity contribution in [3.63, 3.8) is 0 Å². The average molecular weight is 260 g/mol. The lowest BCUT2D eigenvalue weighted by atomic mass is 9.98. The van der Waals surface area contributed by atoms with Gasteiger partial charge in [0.2, 0.25) is 0 Å². The standard InChI is InChI=1S/C13H16N4S/c1-8-6-15-12(16-7-8)13-17-10-5-3-4-9(14-2)11(10)18-13/h6-7,9,14H,3-5H2,1-2H3. The van der Waals surface area contributed by atoms with E-state index in [-0.39, 0.29) is 0 Å². The first kappa shape index (κ1) is 11.7. The Morgan fingerprint density at radius 3 is 2.83 bits per heavy atom. The Morgan fingerprint density at radius 2 is 2.11 bits per heavy atom. The van der Waals surface area contributed by atoms with Crippen molar-refractivity contribution in [2.24, 2.45) is 0 Å². The summed E-state index contributed by atoms with van der Waals surface area (Å²) in [5.41, 5.74) is 2.30. The maximum absolute atomic E-state index is 4.70. The first-order valence-electron chi connectivity index (χ1n) is 6.24. The Morgan fingerprint density at radius 1 is 1.33 bits per heavy atom. The molecule has 2 heterocycles. The van der Waals surface area contributed by atoms with Gasteiger partial charge in [0.05, 0.1) is 5.69 Å². The quantitative estimate of drug-likeness (QED) is 0.901. The number of fused-ring (bicyclic) bond motifs is 1. The zero-order chi connectivity index (χ0) is 12.5. The van der Waals surface area contributed by atoms with Crippen molar-refractivity contribution in [1.82, 2.24) is 20.3 Å². The highest BCUT2D eigenvalue weighted by atomic mass is 32.1. The lowest BCUT2D eigenvalue weighted by Gasteiger charge is -2.19. The van der Waals surface area contributed by atoms with E-state index in [4.69, 9.17) is 4.98 Å². The van der Waals surface area contributed by atoms with Crippen LogP contribution in [0.4, 0.5) is 0 Å². The third-order valence-electron chi connectivity index (χ3n) is 3.27. The topological polar surface area (TPSA) is 50.7 Å². The number of thiazole rings is 1. The summed E-state index contributed by atoms with van der Waals surface area (Å²) >= 11 is 1.73. The molecule has 0 aromatic carbocycles. The maximum Gasteiger partial charge on any atom is 0.188 e. The van der Waals surface area contributed by atoms with E-state index in [1.54, 1.807) is 11.3 Å². The Balaban J connectivity index is 1.99. The molecule has 2 aromatic rings. The molecule has 0 radical (unpaired) electrons. The molecule has 4 nitrogen and oxygen atoms in total. The summed E-state index contributed by atoms with van der Waals surface area (Å²) in [6.07, 6.45) is 7.17. The molecule has 1 atom stereocenters. The lowest BCUT2D eigenvalue weighted by molar-refractivity contribution is 0.501. The highest BCUT2D eigenvalue weighted by molar-refractivity contribution is 7.15. The Hall–Kier alpha value is -1.33. The van der Waals surface area contributed by atoms with E-state index in [1.165, 1.54) is 23.4 Å². The van der Waals surface area contributed by atoms with E-state index < -0.39 is 0 Å². The number of rotatable bonds is 2. The van der Waals surface area contributed by atoms with E-state index in [9.17, 15) is 0 Å². The van der Waals surface area contributed by atoms with E-state index in [0.717, 1.165) is 22.8 Å². The molecule has 18 heavy (non-hydrogen) atoms. The fraction of sp³-hybridized carbons (Fsp3) is 0.462. The van der Waals surface area contributed by atoms with Crippen LogP contribution in [0.5, 0.6) is 0 Å². The van der Waals surface area contributed by atoms with Gasteiger partial charge in [-0.25, -0.2) is 15.0 Å². The van der Waals surface area contributed by atoms with Crippen molar-refractivity contribution >= 4 is 11.3 Å². The van der Waals surface area contributed by atoms with Crippen LogP contribution in [0.2, 0.25) is 0 Å². The van der Waals surface area contributed by atoms with Gasteiger partial charge in [0, 0.05) is 23.3 Å². The van der Waals surface area contributed by atoms with Crippen LogP contribution < -0.4 is 5.32 Å². The second-order valence-electron chi connectivity index (χ2n) is 4.65. The highest BCUT2D eigenvalue weighted by Gasteiger charge is 2.24. The van der Waals surface area contributed by atoms with Gasteiger partial charge in [-0.2, -0.15) is 0 Å². The van der Waals surface area contributed by atoms with Gasteiger partial charge in [0.15, 0.2) is 10.8 Å². The first-order valence-corrected chi connectivity index (χ1v) is 7.05. The largest absolute Gasteiger partial charge is 0.312 e. The van der Waals surface area contributed by atoms with Crippen molar-refractivity contribution in [3.05, 3.63) is 28.5 Å². The number of hydrogen-bond acceptors (Lipinski definition) is 5. The molecule has 1 aliphatic carbocycles. The normalized spacial score (nSPS) is 18.7. The molecule has 1 N–H and O–H groups in total. The smallest absolute Gasteiger partial charge is 0.188 e. The predicted molar refractivity (Wildman–Crippen MR) is 72.6 cm³/mol. The summed E-state index contributed by atoms with van der Waals surface area (Å²) in [6, 6.07) is 0.449. The van der Waals surface area contributed by atoms with E-state index in [1.807, 2.05) is 26.4 Å². The minimum Gasteiger partial charge on any atom is -0.312 e. The SMILES string of the molecule is CNC1CCCc2nc(-c3ncc(C)cn3)sc21. The van der Waals surface area contributed by atoms with Crippen molar-refractivity contribution in [1.29, 1.82) is 0 Å². The molecule has 5 heteroatoms. The van der Waals surface area contributed by atoms with Crippen LogP contribution in [-0.4, -0.2) is 22.0 Å². The molecule has 1 aliphatic rings. The number of hydrogen-bond donors (Lipinski definition) is 1. The van der Waals surface area contributed by atoms with Crippen LogP contribution in [0.15, 0.2) is 12.4 Å². The van der Waals surface area contributed by atoms with Gasteiger partial charge in [-0.05, 0) is 38.8 Å². The molecule has 0 spiro atoms. The van der Waals surface area contributed by atoms with E-state index in [2.05, 4.69) is 15.3 Å². The Bertz CT molecular complexity index is 547. The number of aromatic nitrogens is 3. The number of aryl methyl sites for hydroxylation is 2. The Labute approximate surface area is 111 Å². The molecule has 0 fully saturated rings. The number of nitrogens with zero attached hydrogens (tertiary/aromatic N) is 3. The van der Waals surface area contributed by atoms with Gasteiger partial charge in [0.1, 0.15) is 0 Å². The van der Waals surface area contributed by atoms with Crippen molar-refractivity contribution in [3.8, 4) is 10.8 Å². The molecule has 2 aromatic heterocycles. The van der Waals surface area contributed by atoms with Crippen molar-refractivity contribution < 1.29 is 0 Å². The summed E-state index contributed by atoms with van der Waals surface area (Å²) in [6.45, 7) is 1.99.